The molecule has 0 bridgehead atoms. The lowest BCUT2D eigenvalue weighted by molar-refractivity contribution is -0.144. The van der Waals surface area contributed by atoms with Gasteiger partial charge in [0.1, 0.15) is 29.9 Å². The van der Waals surface area contributed by atoms with Gasteiger partial charge in [-0.05, 0) is 68.7 Å². The second-order valence-corrected chi connectivity index (χ2v) is 11.0. The summed E-state index contributed by atoms with van der Waals surface area (Å²) in [4.78, 5) is 65.6. The predicted octanol–water partition coefficient (Wildman–Crippen LogP) is -1.04. The van der Waals surface area contributed by atoms with Crippen molar-refractivity contribution in [2.24, 2.45) is 17.4 Å². The Labute approximate surface area is 251 Å². The lowest BCUT2D eigenvalue weighted by Gasteiger charge is -2.31. The molecule has 0 saturated carbocycles. The van der Waals surface area contributed by atoms with E-state index in [4.69, 9.17) is 11.5 Å². The van der Waals surface area contributed by atoms with Crippen molar-refractivity contribution >= 4 is 29.6 Å². The molecule has 0 spiro atoms. The molecule has 2 rings (SSSR count). The summed E-state index contributed by atoms with van der Waals surface area (Å²) in [7, 11) is 0. The van der Waals surface area contributed by atoms with Gasteiger partial charge in [-0.1, -0.05) is 32.4 Å². The van der Waals surface area contributed by atoms with E-state index in [2.05, 4.69) is 16.0 Å². The van der Waals surface area contributed by atoms with Gasteiger partial charge in [0.05, 0.1) is 12.6 Å². The molecule has 6 atom stereocenters. The number of phenolic OH excluding ortho intramolecular Hbond substituents is 1. The van der Waals surface area contributed by atoms with Crippen LogP contribution in [0.3, 0.4) is 0 Å². The van der Waals surface area contributed by atoms with E-state index in [1.165, 1.54) is 17.0 Å². The van der Waals surface area contributed by atoms with E-state index in [1.807, 2.05) is 6.92 Å². The molecule has 1 aliphatic rings. The number of unbranched alkanes of at least 4 members (excludes halogenated alkanes) is 1. The minimum Gasteiger partial charge on any atom is -0.508 e. The molecule has 14 heteroatoms. The zero-order valence-corrected chi connectivity index (χ0v) is 24.8. The largest absolute Gasteiger partial charge is 0.508 e. The summed E-state index contributed by atoms with van der Waals surface area (Å²) in [5.74, 6) is -4.03. The number of carbonyl (C=O) groups is 5. The smallest absolute Gasteiger partial charge is 0.326 e. The van der Waals surface area contributed by atoms with Crippen LogP contribution in [0, 0.1) is 5.92 Å². The molecular weight excluding hydrogens is 560 g/mol. The molecule has 1 aliphatic heterocycles. The van der Waals surface area contributed by atoms with Crippen molar-refractivity contribution in [3.63, 3.8) is 0 Å². The number of amides is 4. The number of hydrogen-bond donors (Lipinski definition) is 8. The first-order chi connectivity index (χ1) is 20.4. The average Bonchev–Trinajstić information content (AvgIpc) is 3.48. The Hall–Kier alpha value is -3.75. The predicted molar refractivity (Wildman–Crippen MR) is 157 cm³/mol. The molecular formula is C29H46N6O8. The number of likely N-dealkylation sites (tertiary alicyclic amines) is 1. The van der Waals surface area contributed by atoms with Gasteiger partial charge in [0, 0.05) is 6.54 Å². The highest BCUT2D eigenvalue weighted by Crippen LogP contribution is 2.20. The zero-order chi connectivity index (χ0) is 32.1. The molecule has 1 saturated heterocycles. The summed E-state index contributed by atoms with van der Waals surface area (Å²) >= 11 is 0. The first-order valence-corrected chi connectivity index (χ1v) is 14.7. The van der Waals surface area contributed by atoms with Crippen LogP contribution in [-0.2, 0) is 30.4 Å². The van der Waals surface area contributed by atoms with E-state index >= 15 is 0 Å². The van der Waals surface area contributed by atoms with E-state index in [9.17, 15) is 39.3 Å². The number of nitrogens with one attached hydrogen (secondary N) is 3. The molecule has 1 fully saturated rings. The number of nitrogens with zero attached hydrogens (tertiary/aromatic N) is 1. The molecule has 0 aromatic heterocycles. The number of benzene rings is 1. The Morgan fingerprint density at radius 3 is 2.26 bits per heavy atom. The summed E-state index contributed by atoms with van der Waals surface area (Å²) in [5.41, 5.74) is 12.2. The van der Waals surface area contributed by atoms with Crippen LogP contribution < -0.4 is 27.4 Å². The van der Waals surface area contributed by atoms with Crippen LogP contribution in [0.25, 0.3) is 0 Å². The van der Waals surface area contributed by atoms with Crippen molar-refractivity contribution in [1.82, 2.24) is 20.9 Å². The minimum atomic E-state index is -1.34. The molecule has 14 nitrogen and oxygen atoms in total. The second-order valence-electron chi connectivity index (χ2n) is 11.0. The van der Waals surface area contributed by atoms with Crippen LogP contribution in [0.5, 0.6) is 5.75 Å². The van der Waals surface area contributed by atoms with Gasteiger partial charge in [-0.25, -0.2) is 4.79 Å². The molecule has 10 N–H and O–H groups in total. The van der Waals surface area contributed by atoms with Crippen LogP contribution in [0.1, 0.15) is 57.9 Å². The monoisotopic (exact) mass is 606 g/mol. The molecule has 1 aromatic carbocycles. The summed E-state index contributed by atoms with van der Waals surface area (Å²) in [6, 6.07) is 0.628. The van der Waals surface area contributed by atoms with Crippen LogP contribution in [0.2, 0.25) is 0 Å². The lowest BCUT2D eigenvalue weighted by Crippen LogP contribution is -2.59. The van der Waals surface area contributed by atoms with Crippen molar-refractivity contribution in [1.29, 1.82) is 0 Å². The Balaban J connectivity index is 2.08. The Bertz CT molecular complexity index is 1100. The maximum atomic E-state index is 13.4. The van der Waals surface area contributed by atoms with E-state index in [1.54, 1.807) is 19.1 Å². The van der Waals surface area contributed by atoms with Crippen LogP contribution in [0.15, 0.2) is 24.3 Å². The highest BCUT2D eigenvalue weighted by atomic mass is 16.4. The third-order valence-corrected chi connectivity index (χ3v) is 7.72. The summed E-state index contributed by atoms with van der Waals surface area (Å²) in [6.45, 7) is 3.46. The normalized spacial score (nSPS) is 18.2. The number of carboxylic acid groups (broad SMARTS) is 1. The number of nitrogens with two attached hydrogens (primary N) is 2. The molecule has 0 unspecified atom stereocenters. The number of carboxylic acids is 1. The molecule has 4 amide bonds. The molecule has 1 heterocycles. The number of carbonyl (C=O) groups excluding carboxylic acids is 4. The lowest BCUT2D eigenvalue weighted by atomic mass is 9.97. The van der Waals surface area contributed by atoms with Gasteiger partial charge in [0.2, 0.25) is 23.6 Å². The Morgan fingerprint density at radius 1 is 1.02 bits per heavy atom. The summed E-state index contributed by atoms with van der Waals surface area (Å²) in [5, 5.41) is 36.6. The number of aliphatic hydroxyl groups excluding tert-OH is 1. The molecule has 0 aliphatic carbocycles. The van der Waals surface area contributed by atoms with E-state index in [-0.39, 0.29) is 31.1 Å². The van der Waals surface area contributed by atoms with Gasteiger partial charge >= 0.3 is 5.97 Å². The van der Waals surface area contributed by atoms with Crippen LogP contribution in [-0.4, -0.2) is 99.7 Å². The standard InChI is InChI=1S/C29H46N6O8/c1-3-17(2)24(27(40)32-21(29(42)43)7-4-5-13-30)34-26(39)23-8-6-14-35(23)28(41)22(16-36)33-25(38)20(31)15-18-9-11-19(37)12-10-18/h9-12,17,20-24,36-37H,3-8,13-16,30-31H2,1-2H3,(H,32,40)(H,33,38)(H,34,39)(H,42,43)/t17-,20-,21-,22-,23-,24-/m0/s1. The Kier molecular flexibility index (Phi) is 14.3. The average molecular weight is 607 g/mol. The SMILES string of the molecule is CC[C@H](C)[C@H](NC(=O)[C@@H]1CCCN1C(=O)[C@H](CO)NC(=O)[C@@H](N)Cc1ccc(O)cc1)C(=O)N[C@@H](CCCCN)C(=O)O. The van der Waals surface area contributed by atoms with Crippen molar-refractivity contribution in [2.45, 2.75) is 89.0 Å². The van der Waals surface area contributed by atoms with Crippen molar-refractivity contribution in [2.75, 3.05) is 19.7 Å². The number of rotatable bonds is 17. The highest BCUT2D eigenvalue weighted by Gasteiger charge is 2.40. The third-order valence-electron chi connectivity index (χ3n) is 7.72. The fourth-order valence-corrected chi connectivity index (χ4v) is 4.91. The maximum Gasteiger partial charge on any atom is 0.326 e. The van der Waals surface area contributed by atoms with Crippen molar-refractivity contribution < 1.29 is 39.3 Å². The second kappa shape index (κ2) is 17.4. The van der Waals surface area contributed by atoms with E-state index in [0.29, 0.717) is 44.2 Å². The summed E-state index contributed by atoms with van der Waals surface area (Å²) in [6.07, 6.45) is 2.74. The van der Waals surface area contributed by atoms with Gasteiger partial charge in [0.25, 0.3) is 0 Å². The zero-order valence-electron chi connectivity index (χ0n) is 24.8. The number of aliphatic carboxylic acids is 1. The van der Waals surface area contributed by atoms with Crippen LogP contribution in [0.4, 0.5) is 0 Å². The topological polar surface area (TPSA) is 237 Å². The molecule has 240 valence electrons. The third kappa shape index (κ3) is 10.5. The van der Waals surface area contributed by atoms with Gasteiger partial charge in [0.15, 0.2) is 0 Å². The summed E-state index contributed by atoms with van der Waals surface area (Å²) < 4.78 is 0. The number of aromatic hydroxyl groups is 1. The fourth-order valence-electron chi connectivity index (χ4n) is 4.91. The van der Waals surface area contributed by atoms with Gasteiger partial charge in [-0.3, -0.25) is 19.2 Å². The molecule has 0 radical (unpaired) electrons. The molecule has 43 heavy (non-hydrogen) atoms. The number of phenols is 1. The van der Waals surface area contributed by atoms with Gasteiger partial charge in [-0.2, -0.15) is 0 Å². The number of hydrogen-bond acceptors (Lipinski definition) is 9. The van der Waals surface area contributed by atoms with Gasteiger partial charge < -0.3 is 47.6 Å². The first-order valence-electron chi connectivity index (χ1n) is 14.7. The van der Waals surface area contributed by atoms with E-state index in [0.717, 1.165) is 0 Å². The van der Waals surface area contributed by atoms with Gasteiger partial charge in [-0.15, -0.1) is 0 Å². The van der Waals surface area contributed by atoms with Crippen molar-refractivity contribution in [3.05, 3.63) is 29.8 Å². The number of aliphatic hydroxyl groups is 1. The van der Waals surface area contributed by atoms with Crippen molar-refractivity contribution in [3.8, 4) is 5.75 Å². The Morgan fingerprint density at radius 2 is 1.67 bits per heavy atom. The minimum absolute atomic E-state index is 0.0656. The quantitative estimate of drug-likeness (QED) is 0.100. The highest BCUT2D eigenvalue weighted by molar-refractivity contribution is 5.96. The van der Waals surface area contributed by atoms with Crippen LogP contribution >= 0.6 is 0 Å². The maximum absolute atomic E-state index is 13.4. The first kappa shape index (κ1) is 35.4. The fraction of sp³-hybridized carbons (Fsp3) is 0.621. The van der Waals surface area contributed by atoms with E-state index < -0.39 is 66.4 Å². The molecule has 1 aromatic rings.